The number of urea groups is 1. The van der Waals surface area contributed by atoms with E-state index in [1.165, 1.54) is 24.3 Å². The highest BCUT2D eigenvalue weighted by Gasteiger charge is 2.10. The first-order valence-corrected chi connectivity index (χ1v) is 10.5. The van der Waals surface area contributed by atoms with Crippen LogP contribution in [0.1, 0.15) is 11.1 Å². The van der Waals surface area contributed by atoms with E-state index in [-0.39, 0.29) is 5.82 Å². The molecule has 0 spiro atoms. The lowest BCUT2D eigenvalue weighted by Crippen LogP contribution is -2.19. The van der Waals surface area contributed by atoms with E-state index in [0.29, 0.717) is 23.9 Å². The normalized spacial score (nSPS) is 10.7. The molecule has 1 heterocycles. The van der Waals surface area contributed by atoms with Crippen molar-refractivity contribution in [3.05, 3.63) is 83.7 Å². The number of nitrogens with one attached hydrogen (secondary N) is 3. The molecule has 8 heteroatoms. The van der Waals surface area contributed by atoms with Gasteiger partial charge in [0.15, 0.2) is 0 Å². The Morgan fingerprint density at radius 3 is 2.18 bits per heavy atom. The number of aryl methyl sites for hydroxylation is 1. The molecule has 0 fully saturated rings. The van der Waals surface area contributed by atoms with Crippen molar-refractivity contribution in [1.29, 1.82) is 0 Å². The van der Waals surface area contributed by atoms with Gasteiger partial charge in [-0.2, -0.15) is 4.98 Å². The largest absolute Gasteiger partial charge is 0.365 e. The van der Waals surface area contributed by atoms with Crippen LogP contribution in [-0.4, -0.2) is 30.1 Å². The number of carbonyl (C=O) groups excluding carboxylic acids is 1. The zero-order valence-corrected chi connectivity index (χ0v) is 18.7. The van der Waals surface area contributed by atoms with Gasteiger partial charge in [0.2, 0.25) is 5.95 Å². The summed E-state index contributed by atoms with van der Waals surface area (Å²) in [5, 5.41) is 9.82. The zero-order chi connectivity index (χ0) is 23.4. The number of amides is 2. The van der Waals surface area contributed by atoms with Crippen molar-refractivity contribution in [3.63, 3.8) is 0 Å². The number of nitrogens with zero attached hydrogens (tertiary/aromatic N) is 3. The molecule has 3 aromatic carbocycles. The predicted molar refractivity (Wildman–Crippen MR) is 131 cm³/mol. The van der Waals surface area contributed by atoms with E-state index >= 15 is 0 Å². The van der Waals surface area contributed by atoms with E-state index < -0.39 is 6.03 Å². The first kappa shape index (κ1) is 22.0. The summed E-state index contributed by atoms with van der Waals surface area (Å²) < 4.78 is 13.0. The third-order valence-corrected chi connectivity index (χ3v) is 5.01. The lowest BCUT2D eigenvalue weighted by molar-refractivity contribution is 0.262. The quantitative estimate of drug-likeness (QED) is 0.371. The molecule has 168 valence electrons. The van der Waals surface area contributed by atoms with Crippen molar-refractivity contribution >= 4 is 40.1 Å². The number of fused-ring (bicyclic) bond motifs is 1. The van der Waals surface area contributed by atoms with Gasteiger partial charge in [-0.3, -0.25) is 0 Å². The Labute approximate surface area is 191 Å². The molecule has 0 radical (unpaired) electrons. The Morgan fingerprint density at radius 1 is 0.909 bits per heavy atom. The number of benzene rings is 3. The average molecular weight is 445 g/mol. The number of hydrogen-bond acceptors (Lipinski definition) is 5. The molecule has 0 aliphatic heterocycles. The maximum Gasteiger partial charge on any atom is 0.323 e. The molecule has 0 saturated carbocycles. The summed E-state index contributed by atoms with van der Waals surface area (Å²) in [6, 6.07) is 18.8. The number of aromatic nitrogens is 2. The van der Waals surface area contributed by atoms with Gasteiger partial charge in [0.25, 0.3) is 0 Å². The number of halogens is 1. The highest BCUT2D eigenvalue weighted by atomic mass is 19.1. The molecule has 0 bridgehead atoms. The lowest BCUT2D eigenvalue weighted by Gasteiger charge is -2.15. The first-order valence-electron chi connectivity index (χ1n) is 10.5. The Hall–Kier alpha value is -4.20. The Kier molecular flexibility index (Phi) is 6.35. The van der Waals surface area contributed by atoms with Gasteiger partial charge >= 0.3 is 6.03 Å². The minimum absolute atomic E-state index is 0.354. The smallest absolute Gasteiger partial charge is 0.323 e. The molecule has 7 nitrogen and oxygen atoms in total. The van der Waals surface area contributed by atoms with Crippen LogP contribution in [0.25, 0.3) is 10.9 Å². The van der Waals surface area contributed by atoms with Crippen molar-refractivity contribution < 1.29 is 9.18 Å². The third kappa shape index (κ3) is 5.54. The second kappa shape index (κ2) is 9.52. The van der Waals surface area contributed by atoms with Gasteiger partial charge in [-0.1, -0.05) is 23.8 Å². The van der Waals surface area contributed by atoms with Crippen LogP contribution in [0, 0.1) is 12.7 Å². The SMILES string of the molecule is Cc1ccc2nc(N(C)C)nc(NCc3ccc(NC(=O)Nc4ccc(F)cc4)cc3)c2c1. The van der Waals surface area contributed by atoms with Crippen molar-refractivity contribution in [3.8, 4) is 0 Å². The van der Waals surface area contributed by atoms with E-state index in [0.717, 1.165) is 27.8 Å². The molecule has 4 rings (SSSR count). The molecule has 2 amide bonds. The van der Waals surface area contributed by atoms with Gasteiger partial charge in [0, 0.05) is 37.4 Å². The second-order valence-corrected chi connectivity index (χ2v) is 7.92. The summed E-state index contributed by atoms with van der Waals surface area (Å²) >= 11 is 0. The molecule has 33 heavy (non-hydrogen) atoms. The maximum atomic E-state index is 13.0. The fourth-order valence-electron chi connectivity index (χ4n) is 3.28. The van der Waals surface area contributed by atoms with Crippen LogP contribution in [0.15, 0.2) is 66.7 Å². The van der Waals surface area contributed by atoms with Gasteiger partial charge in [-0.05, 0) is 61.0 Å². The number of anilines is 4. The van der Waals surface area contributed by atoms with Crippen molar-refractivity contribution in [2.75, 3.05) is 34.9 Å². The molecule has 3 N–H and O–H groups in total. The summed E-state index contributed by atoms with van der Waals surface area (Å²) in [6.45, 7) is 2.61. The van der Waals surface area contributed by atoms with Crippen LogP contribution in [0.5, 0.6) is 0 Å². The van der Waals surface area contributed by atoms with Crippen LogP contribution in [0.2, 0.25) is 0 Å². The van der Waals surface area contributed by atoms with Crippen LogP contribution in [0.4, 0.5) is 32.3 Å². The zero-order valence-electron chi connectivity index (χ0n) is 18.7. The van der Waals surface area contributed by atoms with E-state index in [2.05, 4.69) is 32.0 Å². The Bertz CT molecular complexity index is 1270. The highest BCUT2D eigenvalue weighted by Crippen LogP contribution is 2.25. The summed E-state index contributed by atoms with van der Waals surface area (Å²) in [4.78, 5) is 23.3. The van der Waals surface area contributed by atoms with Crippen molar-refractivity contribution in [2.45, 2.75) is 13.5 Å². The van der Waals surface area contributed by atoms with Crippen LogP contribution < -0.4 is 20.9 Å². The first-order chi connectivity index (χ1) is 15.9. The molecule has 0 unspecified atom stereocenters. The van der Waals surface area contributed by atoms with Crippen molar-refractivity contribution in [2.24, 2.45) is 0 Å². The average Bonchev–Trinajstić information content (AvgIpc) is 2.79. The molecule has 1 aromatic heterocycles. The molecule has 0 saturated heterocycles. The van der Waals surface area contributed by atoms with Gasteiger partial charge < -0.3 is 20.9 Å². The summed E-state index contributed by atoms with van der Waals surface area (Å²) in [7, 11) is 3.83. The van der Waals surface area contributed by atoms with Crippen LogP contribution in [0.3, 0.4) is 0 Å². The van der Waals surface area contributed by atoms with E-state index in [4.69, 9.17) is 0 Å². The number of carbonyl (C=O) groups is 1. The van der Waals surface area contributed by atoms with Gasteiger partial charge in [-0.15, -0.1) is 0 Å². The van der Waals surface area contributed by atoms with Gasteiger partial charge in [-0.25, -0.2) is 14.2 Å². The van der Waals surface area contributed by atoms with E-state index in [1.54, 1.807) is 0 Å². The fraction of sp³-hybridized carbons (Fsp3) is 0.160. The summed E-state index contributed by atoms with van der Waals surface area (Å²) in [6.07, 6.45) is 0. The molecular weight excluding hydrogens is 419 g/mol. The highest BCUT2D eigenvalue weighted by molar-refractivity contribution is 5.99. The minimum Gasteiger partial charge on any atom is -0.365 e. The minimum atomic E-state index is -0.397. The second-order valence-electron chi connectivity index (χ2n) is 7.92. The molecule has 4 aromatic rings. The van der Waals surface area contributed by atoms with Gasteiger partial charge in [0.1, 0.15) is 11.6 Å². The predicted octanol–water partition coefficient (Wildman–Crippen LogP) is 5.40. The molecule has 0 aliphatic rings. The Morgan fingerprint density at radius 2 is 1.55 bits per heavy atom. The molecular formula is C25H25FN6O. The number of hydrogen-bond donors (Lipinski definition) is 3. The van der Waals surface area contributed by atoms with E-state index in [9.17, 15) is 9.18 Å². The Balaban J connectivity index is 1.42. The third-order valence-electron chi connectivity index (χ3n) is 5.01. The molecule has 0 aliphatic carbocycles. The fourth-order valence-corrected chi connectivity index (χ4v) is 3.28. The van der Waals surface area contributed by atoms with Crippen molar-refractivity contribution in [1.82, 2.24) is 9.97 Å². The topological polar surface area (TPSA) is 82.2 Å². The van der Waals surface area contributed by atoms with Gasteiger partial charge in [0.05, 0.1) is 5.52 Å². The monoisotopic (exact) mass is 444 g/mol. The number of rotatable bonds is 6. The lowest BCUT2D eigenvalue weighted by atomic mass is 10.1. The molecule has 0 atom stereocenters. The maximum absolute atomic E-state index is 13.0. The van der Waals surface area contributed by atoms with Crippen LogP contribution >= 0.6 is 0 Å². The summed E-state index contributed by atoms with van der Waals surface area (Å²) in [5.74, 6) is 1.06. The summed E-state index contributed by atoms with van der Waals surface area (Å²) in [5.41, 5.74) is 4.22. The van der Waals surface area contributed by atoms with Crippen LogP contribution in [-0.2, 0) is 6.54 Å². The standard InChI is InChI=1S/C25H25FN6O/c1-16-4-13-22-21(14-16)23(31-24(30-22)32(2)3)27-15-17-5-9-19(10-6-17)28-25(33)29-20-11-7-18(26)8-12-20/h4-14H,15H2,1-3H3,(H,27,30,31)(H2,28,29,33). The van der Waals surface area contributed by atoms with E-state index in [1.807, 2.05) is 62.3 Å².